The first-order valence-electron chi connectivity index (χ1n) is 6.88. The number of hydrogen-bond acceptors (Lipinski definition) is 4. The number of hydrogen-bond donors (Lipinski definition) is 1. The minimum Gasteiger partial charge on any atom is -0.350 e. The highest BCUT2D eigenvalue weighted by Crippen LogP contribution is 2.16. The molecule has 2 rings (SSSR count). The predicted octanol–water partition coefficient (Wildman–Crippen LogP) is 3.23. The van der Waals surface area contributed by atoms with Crippen LogP contribution in [0.15, 0.2) is 28.8 Å². The van der Waals surface area contributed by atoms with Crippen LogP contribution in [0, 0.1) is 6.92 Å². The number of carbonyl (C=O) groups excluding carboxylic acids is 1. The van der Waals surface area contributed by atoms with E-state index in [1.54, 1.807) is 6.92 Å². The number of aryl methyl sites for hydroxylation is 2. The SMILES string of the molecule is Cc1noc(CCCC(=O)NC(C)c2ccc(Cl)cc2)n1. The van der Waals surface area contributed by atoms with Crippen LogP contribution in [-0.4, -0.2) is 16.0 Å². The Morgan fingerprint density at radius 1 is 1.38 bits per heavy atom. The van der Waals surface area contributed by atoms with Gasteiger partial charge < -0.3 is 9.84 Å². The zero-order chi connectivity index (χ0) is 15.2. The first kappa shape index (κ1) is 15.5. The molecule has 1 amide bonds. The number of nitrogens with one attached hydrogen (secondary N) is 1. The van der Waals surface area contributed by atoms with E-state index in [0.717, 1.165) is 5.56 Å². The summed E-state index contributed by atoms with van der Waals surface area (Å²) >= 11 is 5.84. The maximum Gasteiger partial charge on any atom is 0.226 e. The summed E-state index contributed by atoms with van der Waals surface area (Å²) in [6.45, 7) is 3.72. The summed E-state index contributed by atoms with van der Waals surface area (Å²) in [7, 11) is 0. The second-order valence-electron chi connectivity index (χ2n) is 4.93. The molecule has 0 saturated carbocycles. The van der Waals surface area contributed by atoms with Gasteiger partial charge in [0.25, 0.3) is 0 Å². The third-order valence-electron chi connectivity index (χ3n) is 3.11. The lowest BCUT2D eigenvalue weighted by atomic mass is 10.1. The number of rotatable bonds is 6. The number of nitrogens with zero attached hydrogens (tertiary/aromatic N) is 2. The number of carbonyl (C=O) groups is 1. The molecule has 0 aliphatic heterocycles. The van der Waals surface area contributed by atoms with Crippen LogP contribution >= 0.6 is 11.6 Å². The predicted molar refractivity (Wildman–Crippen MR) is 80.0 cm³/mol. The molecule has 6 heteroatoms. The van der Waals surface area contributed by atoms with Gasteiger partial charge in [-0.15, -0.1) is 0 Å². The van der Waals surface area contributed by atoms with Crippen molar-refractivity contribution in [3.63, 3.8) is 0 Å². The molecule has 2 aromatic rings. The fourth-order valence-electron chi connectivity index (χ4n) is 1.99. The summed E-state index contributed by atoms with van der Waals surface area (Å²) < 4.78 is 5.00. The van der Waals surface area contributed by atoms with Crippen molar-refractivity contribution in [1.82, 2.24) is 15.5 Å². The molecule has 1 aromatic carbocycles. The first-order valence-corrected chi connectivity index (χ1v) is 7.26. The molecule has 0 saturated heterocycles. The molecule has 1 atom stereocenters. The van der Waals surface area contributed by atoms with Gasteiger partial charge in [-0.25, -0.2) is 0 Å². The molecule has 1 unspecified atom stereocenters. The lowest BCUT2D eigenvalue weighted by Crippen LogP contribution is -2.26. The Morgan fingerprint density at radius 2 is 2.10 bits per heavy atom. The summed E-state index contributed by atoms with van der Waals surface area (Å²) in [4.78, 5) is 16.0. The van der Waals surface area contributed by atoms with Crippen LogP contribution in [0.5, 0.6) is 0 Å². The van der Waals surface area contributed by atoms with E-state index in [1.165, 1.54) is 0 Å². The van der Waals surface area contributed by atoms with Gasteiger partial charge in [-0.1, -0.05) is 28.9 Å². The van der Waals surface area contributed by atoms with Crippen molar-refractivity contribution in [1.29, 1.82) is 0 Å². The second-order valence-corrected chi connectivity index (χ2v) is 5.37. The fourth-order valence-corrected chi connectivity index (χ4v) is 2.12. The van der Waals surface area contributed by atoms with E-state index in [1.807, 2.05) is 31.2 Å². The van der Waals surface area contributed by atoms with Crippen molar-refractivity contribution in [2.45, 2.75) is 39.2 Å². The summed E-state index contributed by atoms with van der Waals surface area (Å²) in [5, 5.41) is 7.36. The van der Waals surface area contributed by atoms with Crippen molar-refractivity contribution in [2.24, 2.45) is 0 Å². The third kappa shape index (κ3) is 4.86. The highest BCUT2D eigenvalue weighted by Gasteiger charge is 2.10. The maximum absolute atomic E-state index is 11.9. The largest absolute Gasteiger partial charge is 0.350 e. The molecule has 0 aliphatic rings. The molecule has 0 fully saturated rings. The fraction of sp³-hybridized carbons (Fsp3) is 0.400. The van der Waals surface area contributed by atoms with E-state index >= 15 is 0 Å². The zero-order valence-corrected chi connectivity index (χ0v) is 12.9. The summed E-state index contributed by atoms with van der Waals surface area (Å²) in [5.41, 5.74) is 1.03. The summed E-state index contributed by atoms with van der Waals surface area (Å²) in [6, 6.07) is 7.41. The molecule has 112 valence electrons. The Bertz CT molecular complexity index is 595. The van der Waals surface area contributed by atoms with E-state index in [4.69, 9.17) is 16.1 Å². The lowest BCUT2D eigenvalue weighted by Gasteiger charge is -2.14. The van der Waals surface area contributed by atoms with Crippen molar-refractivity contribution >= 4 is 17.5 Å². The van der Waals surface area contributed by atoms with Gasteiger partial charge in [0, 0.05) is 17.9 Å². The smallest absolute Gasteiger partial charge is 0.226 e. The Kier molecular flexibility index (Phi) is 5.33. The quantitative estimate of drug-likeness (QED) is 0.889. The van der Waals surface area contributed by atoms with E-state index in [-0.39, 0.29) is 11.9 Å². The zero-order valence-electron chi connectivity index (χ0n) is 12.1. The average Bonchev–Trinajstić information content (AvgIpc) is 2.85. The van der Waals surface area contributed by atoms with Crippen LogP contribution < -0.4 is 5.32 Å². The van der Waals surface area contributed by atoms with Gasteiger partial charge in [-0.3, -0.25) is 4.79 Å². The van der Waals surface area contributed by atoms with Crippen molar-refractivity contribution < 1.29 is 9.32 Å². The van der Waals surface area contributed by atoms with Crippen LogP contribution in [0.3, 0.4) is 0 Å². The Morgan fingerprint density at radius 3 is 2.71 bits per heavy atom. The molecule has 0 spiro atoms. The van der Waals surface area contributed by atoms with Gasteiger partial charge in [0.05, 0.1) is 6.04 Å². The lowest BCUT2D eigenvalue weighted by molar-refractivity contribution is -0.121. The average molecular weight is 308 g/mol. The van der Waals surface area contributed by atoms with E-state index < -0.39 is 0 Å². The van der Waals surface area contributed by atoms with Gasteiger partial charge in [-0.05, 0) is 38.0 Å². The minimum atomic E-state index is -0.0413. The van der Waals surface area contributed by atoms with Crippen LogP contribution in [0.4, 0.5) is 0 Å². The van der Waals surface area contributed by atoms with Gasteiger partial charge in [0.2, 0.25) is 11.8 Å². The highest BCUT2D eigenvalue weighted by molar-refractivity contribution is 6.30. The van der Waals surface area contributed by atoms with Crippen molar-refractivity contribution in [2.75, 3.05) is 0 Å². The van der Waals surface area contributed by atoms with Crippen molar-refractivity contribution in [3.8, 4) is 0 Å². The monoisotopic (exact) mass is 307 g/mol. The van der Waals surface area contributed by atoms with Gasteiger partial charge in [0.15, 0.2) is 5.82 Å². The standard InChI is InChI=1S/C15H18ClN3O2/c1-10(12-6-8-13(16)9-7-12)17-14(20)4-3-5-15-18-11(2)19-21-15/h6-10H,3-5H2,1-2H3,(H,17,20). The minimum absolute atomic E-state index is 0.00804. The maximum atomic E-state index is 11.9. The van der Waals surface area contributed by atoms with Crippen LogP contribution in [-0.2, 0) is 11.2 Å². The molecule has 0 aliphatic carbocycles. The highest BCUT2D eigenvalue weighted by atomic mass is 35.5. The molecule has 1 aromatic heterocycles. The Hall–Kier alpha value is -1.88. The van der Waals surface area contributed by atoms with Crippen molar-refractivity contribution in [3.05, 3.63) is 46.6 Å². The molecular formula is C15H18ClN3O2. The molecule has 0 bridgehead atoms. The third-order valence-corrected chi connectivity index (χ3v) is 3.36. The summed E-state index contributed by atoms with van der Waals surface area (Å²) in [5.74, 6) is 1.20. The number of amides is 1. The van der Waals surface area contributed by atoms with Gasteiger partial charge in [-0.2, -0.15) is 4.98 Å². The Balaban J connectivity index is 1.75. The van der Waals surface area contributed by atoms with E-state index in [9.17, 15) is 4.79 Å². The van der Waals surface area contributed by atoms with Crippen LogP contribution in [0.1, 0.15) is 43.1 Å². The van der Waals surface area contributed by atoms with Crippen LogP contribution in [0.2, 0.25) is 5.02 Å². The van der Waals surface area contributed by atoms with E-state index in [2.05, 4.69) is 15.5 Å². The number of aromatic nitrogens is 2. The molecule has 0 radical (unpaired) electrons. The molecule has 21 heavy (non-hydrogen) atoms. The molecule has 1 heterocycles. The number of halogens is 1. The molecule has 1 N–H and O–H groups in total. The Labute approximate surface area is 128 Å². The normalized spacial score (nSPS) is 12.1. The second kappa shape index (κ2) is 7.22. The molecule has 5 nitrogen and oxygen atoms in total. The van der Waals surface area contributed by atoms with Crippen LogP contribution in [0.25, 0.3) is 0 Å². The first-order chi connectivity index (χ1) is 10.0. The van der Waals surface area contributed by atoms with E-state index in [0.29, 0.717) is 36.0 Å². The number of benzene rings is 1. The van der Waals surface area contributed by atoms with Gasteiger partial charge >= 0.3 is 0 Å². The summed E-state index contributed by atoms with van der Waals surface area (Å²) in [6.07, 6.45) is 1.73. The molecular weight excluding hydrogens is 290 g/mol. The topological polar surface area (TPSA) is 68.0 Å². The van der Waals surface area contributed by atoms with Gasteiger partial charge in [0.1, 0.15) is 0 Å².